The van der Waals surface area contributed by atoms with Gasteiger partial charge in [0.2, 0.25) is 0 Å². The van der Waals surface area contributed by atoms with Crippen LogP contribution in [0.25, 0.3) is 10.2 Å². The third-order valence-electron chi connectivity index (χ3n) is 7.44. The number of aromatic nitrogens is 4. The predicted molar refractivity (Wildman–Crippen MR) is 169 cm³/mol. The van der Waals surface area contributed by atoms with E-state index in [0.717, 1.165) is 58.3 Å². The maximum Gasteiger partial charge on any atom is 0.358 e. The lowest BCUT2D eigenvalue weighted by molar-refractivity contribution is 0.0518. The Labute approximate surface area is 253 Å². The first-order chi connectivity index (χ1) is 20.5. The van der Waals surface area contributed by atoms with E-state index in [2.05, 4.69) is 55.7 Å². The standard InChI is InChI=1S/C31H33N7O2S2/c1-4-40-29(39)26-27(22-14-16-38(17-15-22)19-21-10-6-5-7-11-21)42-31(33-26)37(3)25-18-20(2)28(36-35-25)34-30-32-23-12-8-9-13-24(23)41-30/h5-13,18,22H,4,14-17,19H2,1-3H3,(H,32,34,36). The highest BCUT2D eigenvalue weighted by Gasteiger charge is 2.30. The molecule has 1 aliphatic rings. The summed E-state index contributed by atoms with van der Waals surface area (Å²) in [6.07, 6.45) is 1.94. The molecule has 5 aromatic rings. The Morgan fingerprint density at radius 3 is 2.55 bits per heavy atom. The maximum absolute atomic E-state index is 13.0. The molecule has 0 bridgehead atoms. The number of benzene rings is 2. The number of thiazole rings is 2. The van der Waals surface area contributed by atoms with Crippen molar-refractivity contribution in [3.05, 3.63) is 82.4 Å². The summed E-state index contributed by atoms with van der Waals surface area (Å²) in [6, 6.07) is 20.6. The monoisotopic (exact) mass is 599 g/mol. The Bertz CT molecular complexity index is 1650. The van der Waals surface area contributed by atoms with E-state index in [1.807, 2.05) is 56.1 Å². The fraction of sp³-hybridized carbons (Fsp3) is 0.323. The fourth-order valence-corrected chi connectivity index (χ4v) is 7.22. The van der Waals surface area contributed by atoms with Crippen molar-refractivity contribution in [3.8, 4) is 0 Å². The number of piperidine rings is 1. The van der Waals surface area contributed by atoms with Crippen molar-refractivity contribution < 1.29 is 9.53 Å². The molecule has 1 aliphatic heterocycles. The van der Waals surface area contributed by atoms with Crippen LogP contribution in [0.1, 0.15) is 52.2 Å². The van der Waals surface area contributed by atoms with Crippen LogP contribution in [0.2, 0.25) is 0 Å². The van der Waals surface area contributed by atoms with Gasteiger partial charge in [0.15, 0.2) is 27.6 Å². The summed E-state index contributed by atoms with van der Waals surface area (Å²) in [5, 5.41) is 13.7. The number of carbonyl (C=O) groups is 1. The van der Waals surface area contributed by atoms with Gasteiger partial charge in [0, 0.05) is 18.5 Å². The Balaban J connectivity index is 1.19. The zero-order valence-corrected chi connectivity index (χ0v) is 25.5. The molecule has 6 rings (SSSR count). The Hall–Kier alpha value is -3.93. The minimum atomic E-state index is -0.368. The molecule has 0 aliphatic carbocycles. The number of nitrogens with zero attached hydrogens (tertiary/aromatic N) is 6. The number of hydrogen-bond acceptors (Lipinski definition) is 11. The highest BCUT2D eigenvalue weighted by Crippen LogP contribution is 2.39. The lowest BCUT2D eigenvalue weighted by atomic mass is 9.94. The Kier molecular flexibility index (Phi) is 8.41. The van der Waals surface area contributed by atoms with Crippen LogP contribution in [-0.4, -0.2) is 57.8 Å². The molecule has 1 saturated heterocycles. The molecule has 1 fully saturated rings. The van der Waals surface area contributed by atoms with Gasteiger partial charge in [-0.25, -0.2) is 14.8 Å². The first-order valence-corrected chi connectivity index (χ1v) is 15.8. The molecular weight excluding hydrogens is 567 g/mol. The van der Waals surface area contributed by atoms with E-state index in [1.165, 1.54) is 5.56 Å². The number of ether oxygens (including phenoxy) is 1. The normalized spacial score (nSPS) is 14.3. The summed E-state index contributed by atoms with van der Waals surface area (Å²) < 4.78 is 6.52. The molecule has 4 heterocycles. The van der Waals surface area contributed by atoms with E-state index in [-0.39, 0.29) is 11.9 Å². The number of esters is 1. The Morgan fingerprint density at radius 1 is 1.05 bits per heavy atom. The van der Waals surface area contributed by atoms with Crippen LogP contribution in [-0.2, 0) is 11.3 Å². The first-order valence-electron chi connectivity index (χ1n) is 14.1. The van der Waals surface area contributed by atoms with Gasteiger partial charge in [0.1, 0.15) is 0 Å². The van der Waals surface area contributed by atoms with Gasteiger partial charge in [-0.3, -0.25) is 4.90 Å². The molecule has 3 aromatic heterocycles. The second kappa shape index (κ2) is 12.5. The molecule has 0 unspecified atom stereocenters. The predicted octanol–water partition coefficient (Wildman–Crippen LogP) is 6.92. The fourth-order valence-electron chi connectivity index (χ4n) is 5.16. The number of carbonyl (C=O) groups excluding carboxylic acids is 1. The van der Waals surface area contributed by atoms with Crippen molar-refractivity contribution in [2.75, 3.05) is 37.0 Å². The van der Waals surface area contributed by atoms with Gasteiger partial charge in [0.25, 0.3) is 0 Å². The quantitative estimate of drug-likeness (QED) is 0.181. The summed E-state index contributed by atoms with van der Waals surface area (Å²) in [5.74, 6) is 1.19. The number of aryl methyl sites for hydroxylation is 1. The number of hydrogen-bond donors (Lipinski definition) is 1. The van der Waals surface area contributed by atoms with Gasteiger partial charge in [-0.2, -0.15) is 0 Å². The summed E-state index contributed by atoms with van der Waals surface area (Å²) in [4.78, 5) is 27.8. The minimum absolute atomic E-state index is 0.254. The number of anilines is 4. The summed E-state index contributed by atoms with van der Waals surface area (Å²) in [7, 11) is 1.91. The number of rotatable bonds is 9. The van der Waals surface area contributed by atoms with Gasteiger partial charge < -0.3 is 15.0 Å². The highest BCUT2D eigenvalue weighted by molar-refractivity contribution is 7.22. The minimum Gasteiger partial charge on any atom is -0.461 e. The second-order valence-electron chi connectivity index (χ2n) is 10.4. The van der Waals surface area contributed by atoms with Gasteiger partial charge >= 0.3 is 5.97 Å². The van der Waals surface area contributed by atoms with E-state index in [0.29, 0.717) is 29.1 Å². The third kappa shape index (κ3) is 6.13. The lowest BCUT2D eigenvalue weighted by Gasteiger charge is -2.31. The van der Waals surface area contributed by atoms with E-state index in [9.17, 15) is 4.79 Å². The molecule has 0 spiro atoms. The lowest BCUT2D eigenvalue weighted by Crippen LogP contribution is -2.32. The Morgan fingerprint density at radius 2 is 1.81 bits per heavy atom. The van der Waals surface area contributed by atoms with Crippen LogP contribution in [0, 0.1) is 6.92 Å². The van der Waals surface area contributed by atoms with E-state index in [4.69, 9.17) is 9.72 Å². The van der Waals surface area contributed by atoms with Crippen molar-refractivity contribution >= 4 is 60.8 Å². The molecule has 1 N–H and O–H groups in total. The van der Waals surface area contributed by atoms with Crippen LogP contribution in [0.15, 0.2) is 60.7 Å². The van der Waals surface area contributed by atoms with Crippen molar-refractivity contribution in [1.82, 2.24) is 25.1 Å². The van der Waals surface area contributed by atoms with Gasteiger partial charge in [-0.1, -0.05) is 53.8 Å². The third-order valence-corrected chi connectivity index (χ3v) is 9.69. The number of fused-ring (bicyclic) bond motifs is 1. The molecule has 0 saturated carbocycles. The molecule has 0 atom stereocenters. The van der Waals surface area contributed by atoms with Crippen molar-refractivity contribution in [3.63, 3.8) is 0 Å². The molecule has 9 nitrogen and oxygen atoms in total. The van der Waals surface area contributed by atoms with Crippen molar-refractivity contribution in [1.29, 1.82) is 0 Å². The average molecular weight is 600 g/mol. The number of nitrogens with one attached hydrogen (secondary N) is 1. The van der Waals surface area contributed by atoms with Crippen LogP contribution in [0.3, 0.4) is 0 Å². The SMILES string of the molecule is CCOC(=O)c1nc(N(C)c2cc(C)c(Nc3nc4ccccc4s3)nn2)sc1C1CCN(Cc2ccccc2)CC1. The topological polar surface area (TPSA) is 96.4 Å². The van der Waals surface area contributed by atoms with Crippen molar-refractivity contribution in [2.45, 2.75) is 39.2 Å². The molecule has 0 radical (unpaired) electrons. The largest absolute Gasteiger partial charge is 0.461 e. The van der Waals surface area contributed by atoms with Gasteiger partial charge in [0.05, 0.1) is 16.8 Å². The molecule has 11 heteroatoms. The van der Waals surface area contributed by atoms with E-state index >= 15 is 0 Å². The zero-order valence-electron chi connectivity index (χ0n) is 23.9. The summed E-state index contributed by atoms with van der Waals surface area (Å²) >= 11 is 3.12. The van der Waals surface area contributed by atoms with Crippen LogP contribution >= 0.6 is 22.7 Å². The van der Waals surface area contributed by atoms with E-state index in [1.54, 1.807) is 22.7 Å². The highest BCUT2D eigenvalue weighted by atomic mass is 32.1. The number of para-hydroxylation sites is 1. The molecule has 0 amide bonds. The summed E-state index contributed by atoms with van der Waals surface area (Å²) in [5.41, 5.74) is 3.62. The van der Waals surface area contributed by atoms with Gasteiger partial charge in [-0.05, 0) is 75.0 Å². The first kappa shape index (κ1) is 28.2. The van der Waals surface area contributed by atoms with Crippen LogP contribution in [0.5, 0.6) is 0 Å². The van der Waals surface area contributed by atoms with Gasteiger partial charge in [-0.15, -0.1) is 21.5 Å². The number of likely N-dealkylation sites (tertiary alicyclic amines) is 1. The second-order valence-corrected chi connectivity index (χ2v) is 12.4. The van der Waals surface area contributed by atoms with Crippen molar-refractivity contribution in [2.24, 2.45) is 0 Å². The molecular formula is C31H33N7O2S2. The molecule has 2 aromatic carbocycles. The average Bonchev–Trinajstić information content (AvgIpc) is 3.64. The van der Waals surface area contributed by atoms with Crippen LogP contribution < -0.4 is 10.2 Å². The molecule has 42 heavy (non-hydrogen) atoms. The molecule has 216 valence electrons. The smallest absolute Gasteiger partial charge is 0.358 e. The summed E-state index contributed by atoms with van der Waals surface area (Å²) in [6.45, 7) is 7.00. The zero-order chi connectivity index (χ0) is 29.1. The van der Waals surface area contributed by atoms with Crippen LogP contribution in [0.4, 0.5) is 21.9 Å². The maximum atomic E-state index is 13.0. The van der Waals surface area contributed by atoms with E-state index < -0.39 is 0 Å².